The first-order chi connectivity index (χ1) is 14.6. The highest BCUT2D eigenvalue weighted by atomic mass is 32.2. The number of ether oxygens (including phenoxy) is 1. The molecule has 0 saturated heterocycles. The van der Waals surface area contributed by atoms with Gasteiger partial charge in [0, 0.05) is 10.9 Å². The fourth-order valence-electron chi connectivity index (χ4n) is 2.41. The zero-order valence-corrected chi connectivity index (χ0v) is 17.4. The van der Waals surface area contributed by atoms with Crippen LogP contribution in [0.2, 0.25) is 0 Å². The number of halogens is 3. The number of nitrogens with zero attached hydrogens (tertiary/aromatic N) is 2. The summed E-state index contributed by atoms with van der Waals surface area (Å²) in [7, 11) is 0. The zero-order chi connectivity index (χ0) is 22.6. The summed E-state index contributed by atoms with van der Waals surface area (Å²) in [5.41, 5.74) is 0.982. The third-order valence-electron chi connectivity index (χ3n) is 3.75. The number of benzene rings is 1. The number of amides is 2. The lowest BCUT2D eigenvalue weighted by Crippen LogP contribution is -2.32. The van der Waals surface area contributed by atoms with E-state index in [2.05, 4.69) is 20.4 Å². The van der Waals surface area contributed by atoms with E-state index in [0.29, 0.717) is 11.3 Å². The van der Waals surface area contributed by atoms with Gasteiger partial charge >= 0.3 is 6.36 Å². The van der Waals surface area contributed by atoms with Gasteiger partial charge in [0.25, 0.3) is 5.91 Å². The van der Waals surface area contributed by atoms with Gasteiger partial charge in [-0.05, 0) is 18.2 Å². The van der Waals surface area contributed by atoms with E-state index >= 15 is 0 Å². The molecule has 3 aromatic rings. The van der Waals surface area contributed by atoms with Crippen molar-refractivity contribution >= 4 is 39.6 Å². The number of rotatable bonds is 7. The normalized spacial score (nSPS) is 12.3. The largest absolute Gasteiger partial charge is 0.593 e. The molecule has 2 amide bonds. The summed E-state index contributed by atoms with van der Waals surface area (Å²) in [4.78, 5) is 28.3. The molecule has 0 aliphatic heterocycles. The Balaban J connectivity index is 1.56. The molecule has 2 aromatic heterocycles. The Morgan fingerprint density at radius 2 is 2.10 bits per heavy atom. The van der Waals surface area contributed by atoms with Crippen LogP contribution in [0.1, 0.15) is 10.4 Å². The van der Waals surface area contributed by atoms with Crippen LogP contribution in [0.15, 0.2) is 48.1 Å². The average Bonchev–Trinajstić information content (AvgIpc) is 3.35. The molecule has 0 saturated carbocycles. The molecule has 1 aromatic carbocycles. The smallest absolute Gasteiger partial charge is 0.573 e. The van der Waals surface area contributed by atoms with Gasteiger partial charge in [0.15, 0.2) is 5.13 Å². The van der Waals surface area contributed by atoms with Crippen molar-refractivity contribution in [2.24, 2.45) is 0 Å². The van der Waals surface area contributed by atoms with Gasteiger partial charge in [-0.25, -0.2) is 4.98 Å². The summed E-state index contributed by atoms with van der Waals surface area (Å²) in [6.45, 7) is -0.330. The van der Waals surface area contributed by atoms with E-state index in [1.54, 1.807) is 11.4 Å². The molecule has 164 valence electrons. The molecule has 0 radical (unpaired) electrons. The minimum absolute atomic E-state index is 0.212. The molecule has 1 unspecified atom stereocenters. The van der Waals surface area contributed by atoms with E-state index in [9.17, 15) is 27.3 Å². The monoisotopic (exact) mass is 472 g/mol. The molecular formula is C18H15F3N4O4S2. The van der Waals surface area contributed by atoms with E-state index in [-0.39, 0.29) is 23.0 Å². The summed E-state index contributed by atoms with van der Waals surface area (Å²) in [5.74, 6) is -1.44. The van der Waals surface area contributed by atoms with Gasteiger partial charge < -0.3 is 19.9 Å². The molecule has 0 aliphatic rings. The lowest BCUT2D eigenvalue weighted by atomic mass is 10.2. The summed E-state index contributed by atoms with van der Waals surface area (Å²) < 4.78 is 53.7. The fourth-order valence-corrected chi connectivity index (χ4v) is 3.64. The Morgan fingerprint density at radius 1 is 1.32 bits per heavy atom. The van der Waals surface area contributed by atoms with Crippen LogP contribution >= 0.6 is 11.3 Å². The highest BCUT2D eigenvalue weighted by molar-refractivity contribution is 7.89. The third-order valence-corrected chi connectivity index (χ3v) is 5.33. The number of alkyl halides is 3. The molecule has 13 heteroatoms. The molecule has 2 N–H and O–H groups in total. The summed E-state index contributed by atoms with van der Waals surface area (Å²) in [6, 6.07) is 6.77. The summed E-state index contributed by atoms with van der Waals surface area (Å²) >= 11 is -0.224. The van der Waals surface area contributed by atoms with Crippen molar-refractivity contribution in [2.45, 2.75) is 6.36 Å². The molecular weight excluding hydrogens is 457 g/mol. The molecule has 3 rings (SSSR count). The summed E-state index contributed by atoms with van der Waals surface area (Å²) in [5, 5.41) is 6.71. The molecule has 1 atom stereocenters. The maximum atomic E-state index is 12.4. The van der Waals surface area contributed by atoms with Gasteiger partial charge in [-0.15, -0.1) is 24.5 Å². The Hall–Kier alpha value is -3.03. The Kier molecular flexibility index (Phi) is 6.87. The van der Waals surface area contributed by atoms with E-state index in [1.807, 2.05) is 0 Å². The van der Waals surface area contributed by atoms with Crippen LogP contribution in [0, 0.1) is 0 Å². The van der Waals surface area contributed by atoms with E-state index in [4.69, 9.17) is 0 Å². The van der Waals surface area contributed by atoms with Crippen LogP contribution in [0.5, 0.6) is 5.75 Å². The Labute approximate surface area is 181 Å². The Bertz CT molecular complexity index is 1080. The van der Waals surface area contributed by atoms with Crippen molar-refractivity contribution in [3.8, 4) is 17.0 Å². The first-order valence-corrected chi connectivity index (χ1v) is 10.9. The van der Waals surface area contributed by atoms with Gasteiger partial charge in [0.1, 0.15) is 12.0 Å². The first-order valence-electron chi connectivity index (χ1n) is 8.52. The number of carbonyl (C=O) groups is 2. The van der Waals surface area contributed by atoms with Crippen molar-refractivity contribution in [3.05, 3.63) is 53.7 Å². The van der Waals surface area contributed by atoms with Gasteiger partial charge in [0.2, 0.25) is 5.91 Å². The molecule has 31 heavy (non-hydrogen) atoms. The lowest BCUT2D eigenvalue weighted by Gasteiger charge is -2.09. The molecule has 8 nitrogen and oxygen atoms in total. The van der Waals surface area contributed by atoms with Crippen LogP contribution in [0.4, 0.5) is 18.3 Å². The number of anilines is 1. The maximum Gasteiger partial charge on any atom is 0.573 e. The van der Waals surface area contributed by atoms with Gasteiger partial charge in [-0.3, -0.25) is 9.59 Å². The van der Waals surface area contributed by atoms with Crippen molar-refractivity contribution in [3.63, 3.8) is 0 Å². The number of hydrogen-bond acceptors (Lipinski definition) is 6. The van der Waals surface area contributed by atoms with Crippen molar-refractivity contribution in [1.29, 1.82) is 0 Å². The first kappa shape index (κ1) is 22.7. The molecule has 0 spiro atoms. The van der Waals surface area contributed by atoms with Gasteiger partial charge in [-0.2, -0.15) is 3.97 Å². The van der Waals surface area contributed by atoms with E-state index < -0.39 is 29.5 Å². The Morgan fingerprint density at radius 3 is 2.77 bits per heavy atom. The van der Waals surface area contributed by atoms with Crippen LogP contribution in [0.3, 0.4) is 0 Å². The van der Waals surface area contributed by atoms with Crippen LogP contribution in [-0.2, 0) is 16.2 Å². The predicted octanol–water partition coefficient (Wildman–Crippen LogP) is 3.02. The highest BCUT2D eigenvalue weighted by Gasteiger charge is 2.31. The number of nitrogens with one attached hydrogen (secondary N) is 2. The second-order valence-electron chi connectivity index (χ2n) is 6.03. The van der Waals surface area contributed by atoms with Crippen LogP contribution < -0.4 is 15.4 Å². The minimum Gasteiger partial charge on any atom is -0.593 e. The third kappa shape index (κ3) is 6.47. The van der Waals surface area contributed by atoms with E-state index in [1.165, 1.54) is 46.9 Å². The van der Waals surface area contributed by atoms with E-state index in [0.717, 1.165) is 11.3 Å². The highest BCUT2D eigenvalue weighted by Crippen LogP contribution is 2.29. The lowest BCUT2D eigenvalue weighted by molar-refractivity contribution is -0.274. The van der Waals surface area contributed by atoms with Gasteiger partial charge in [-0.1, -0.05) is 12.1 Å². The fraction of sp³-hybridized carbons (Fsp3) is 0.167. The second kappa shape index (κ2) is 9.41. The molecule has 0 bridgehead atoms. The minimum atomic E-state index is -4.81. The SMILES string of the molecule is C[S+]([O-])n1ccc(C(=O)NCC(=O)Nc2nc(-c3cccc(OC(F)(F)F)c3)cs2)c1. The summed E-state index contributed by atoms with van der Waals surface area (Å²) in [6.07, 6.45) is -0.471. The van der Waals surface area contributed by atoms with Crippen molar-refractivity contribution < 1.29 is 32.0 Å². The van der Waals surface area contributed by atoms with Gasteiger partial charge in [0.05, 0.1) is 41.6 Å². The number of aromatic nitrogens is 2. The van der Waals surface area contributed by atoms with Crippen LogP contribution in [-0.4, -0.2) is 44.5 Å². The standard InChI is InChI=1S/C18H15F3N4O4S2/c1-31(28)25-6-5-12(9-25)16(27)22-8-15(26)24-17-23-14(10-30-17)11-3-2-4-13(7-11)29-18(19,20)21/h2-7,9-10H,8H2,1H3,(H,22,27)(H,23,24,26). The average molecular weight is 472 g/mol. The van der Waals surface area contributed by atoms with Crippen LogP contribution in [0.25, 0.3) is 11.3 Å². The predicted molar refractivity (Wildman–Crippen MR) is 109 cm³/mol. The number of hydrogen-bond donors (Lipinski definition) is 2. The van der Waals surface area contributed by atoms with Crippen molar-refractivity contribution in [1.82, 2.24) is 14.3 Å². The molecule has 0 aliphatic carbocycles. The topological polar surface area (TPSA) is 108 Å². The maximum absolute atomic E-state index is 12.4. The number of thiazole rings is 1. The second-order valence-corrected chi connectivity index (χ2v) is 8.16. The zero-order valence-electron chi connectivity index (χ0n) is 15.8. The number of carbonyl (C=O) groups excluding carboxylic acids is 2. The molecule has 2 heterocycles. The quantitative estimate of drug-likeness (QED) is 0.514. The van der Waals surface area contributed by atoms with Crippen molar-refractivity contribution in [2.75, 3.05) is 18.1 Å². The molecule has 0 fully saturated rings.